The van der Waals surface area contributed by atoms with Gasteiger partial charge in [0.15, 0.2) is 5.82 Å². The van der Waals surface area contributed by atoms with E-state index in [1.807, 2.05) is 0 Å². The van der Waals surface area contributed by atoms with Gasteiger partial charge in [0.25, 0.3) is 0 Å². The number of hydrogen-bond acceptors (Lipinski definition) is 2. The van der Waals surface area contributed by atoms with E-state index in [-0.39, 0.29) is 10.3 Å². The molecule has 2 nitrogen and oxygen atoms in total. The van der Waals surface area contributed by atoms with Gasteiger partial charge >= 0.3 is 0 Å². The summed E-state index contributed by atoms with van der Waals surface area (Å²) < 4.78 is 24.6. The second-order valence-corrected chi connectivity index (χ2v) is 2.38. The van der Waals surface area contributed by atoms with Crippen LogP contribution in [0.4, 0.5) is 14.5 Å². The number of aromatic nitrogens is 1. The van der Waals surface area contributed by atoms with Gasteiger partial charge in [-0.15, -0.1) is 0 Å². The van der Waals surface area contributed by atoms with Gasteiger partial charge in [-0.3, -0.25) is 0 Å². The van der Waals surface area contributed by atoms with Gasteiger partial charge in [-0.2, -0.15) is 4.39 Å². The first kappa shape index (κ1) is 7.40. The van der Waals surface area contributed by atoms with Gasteiger partial charge in [-0.1, -0.05) is 0 Å². The molecule has 0 aliphatic rings. The fraction of sp³-hybridized carbons (Fsp3) is 0. The number of halogens is 3. The Morgan fingerprint density at radius 1 is 1.50 bits per heavy atom. The molecule has 5 heteroatoms. The van der Waals surface area contributed by atoms with Crippen molar-refractivity contribution in [3.05, 3.63) is 22.4 Å². The maximum absolute atomic E-state index is 12.4. The van der Waals surface area contributed by atoms with Crippen molar-refractivity contribution >= 4 is 21.6 Å². The Kier molecular flexibility index (Phi) is 1.85. The first-order valence-electron chi connectivity index (χ1n) is 2.38. The van der Waals surface area contributed by atoms with E-state index in [9.17, 15) is 8.78 Å². The summed E-state index contributed by atoms with van der Waals surface area (Å²) in [4.78, 5) is 3.22. The lowest BCUT2D eigenvalue weighted by atomic mass is 10.4. The standard InChI is InChI=1S/C5H3BrF2N2/c6-5-4(9)2(7)1-3(8)10-5/h1H,9H2. The molecule has 0 saturated carbocycles. The van der Waals surface area contributed by atoms with Crippen molar-refractivity contribution in [1.82, 2.24) is 4.98 Å². The molecule has 0 amide bonds. The highest BCUT2D eigenvalue weighted by Crippen LogP contribution is 2.19. The maximum atomic E-state index is 12.4. The zero-order valence-corrected chi connectivity index (χ0v) is 6.32. The van der Waals surface area contributed by atoms with E-state index in [2.05, 4.69) is 20.9 Å². The fourth-order valence-corrected chi connectivity index (χ4v) is 0.826. The molecule has 0 radical (unpaired) electrons. The van der Waals surface area contributed by atoms with E-state index < -0.39 is 11.8 Å². The van der Waals surface area contributed by atoms with Crippen molar-refractivity contribution in [2.45, 2.75) is 0 Å². The van der Waals surface area contributed by atoms with E-state index in [4.69, 9.17) is 5.73 Å². The van der Waals surface area contributed by atoms with Crippen LogP contribution in [0.25, 0.3) is 0 Å². The van der Waals surface area contributed by atoms with Crippen LogP contribution in [0, 0.1) is 11.8 Å². The average molecular weight is 209 g/mol. The molecule has 10 heavy (non-hydrogen) atoms. The van der Waals surface area contributed by atoms with Crippen LogP contribution < -0.4 is 5.73 Å². The van der Waals surface area contributed by atoms with Crippen molar-refractivity contribution < 1.29 is 8.78 Å². The molecule has 0 aliphatic heterocycles. The summed E-state index contributed by atoms with van der Waals surface area (Å²) in [6.07, 6.45) is 0. The molecular formula is C5H3BrF2N2. The highest BCUT2D eigenvalue weighted by molar-refractivity contribution is 9.10. The van der Waals surface area contributed by atoms with Gasteiger partial charge in [0.05, 0.1) is 0 Å². The lowest BCUT2D eigenvalue weighted by Crippen LogP contribution is -1.96. The topological polar surface area (TPSA) is 38.9 Å². The second-order valence-electron chi connectivity index (χ2n) is 1.63. The molecule has 0 fully saturated rings. The number of nitrogens with two attached hydrogens (primary N) is 1. The smallest absolute Gasteiger partial charge is 0.216 e. The molecule has 1 aromatic rings. The Bertz CT molecular complexity index is 241. The molecule has 0 atom stereocenters. The Morgan fingerprint density at radius 2 is 2.10 bits per heavy atom. The van der Waals surface area contributed by atoms with E-state index in [0.717, 1.165) is 0 Å². The number of rotatable bonds is 0. The zero-order valence-electron chi connectivity index (χ0n) is 4.74. The fourth-order valence-electron chi connectivity index (χ4n) is 0.467. The molecule has 0 aromatic carbocycles. The molecule has 1 aromatic heterocycles. The van der Waals surface area contributed by atoms with Crippen LogP contribution in [-0.2, 0) is 0 Å². The molecule has 54 valence electrons. The minimum absolute atomic E-state index is 0.00926. The Morgan fingerprint density at radius 3 is 2.60 bits per heavy atom. The zero-order chi connectivity index (χ0) is 7.72. The normalized spacial score (nSPS) is 9.90. The van der Waals surface area contributed by atoms with E-state index in [1.165, 1.54) is 0 Å². The first-order chi connectivity index (χ1) is 4.61. The number of hydrogen-bond donors (Lipinski definition) is 1. The SMILES string of the molecule is Nc1c(F)cc(F)nc1Br. The Balaban J connectivity index is 3.31. The maximum Gasteiger partial charge on any atom is 0.216 e. The van der Waals surface area contributed by atoms with Crippen molar-refractivity contribution in [3.63, 3.8) is 0 Å². The summed E-state index contributed by atoms with van der Waals surface area (Å²) in [5.41, 5.74) is 4.92. The van der Waals surface area contributed by atoms with Gasteiger partial charge in [-0.05, 0) is 15.9 Å². The van der Waals surface area contributed by atoms with Gasteiger partial charge in [0.1, 0.15) is 10.3 Å². The summed E-state index contributed by atoms with van der Waals surface area (Å²) in [6, 6.07) is 0.625. The summed E-state index contributed by atoms with van der Waals surface area (Å²) in [7, 11) is 0. The highest BCUT2D eigenvalue weighted by atomic mass is 79.9. The lowest BCUT2D eigenvalue weighted by molar-refractivity contribution is 0.551. The van der Waals surface area contributed by atoms with Gasteiger partial charge in [0, 0.05) is 6.07 Å². The summed E-state index contributed by atoms with van der Waals surface area (Å²) in [6.45, 7) is 0. The van der Waals surface area contributed by atoms with Crippen LogP contribution in [-0.4, -0.2) is 4.98 Å². The molecule has 0 saturated heterocycles. The van der Waals surface area contributed by atoms with Crippen molar-refractivity contribution in [3.8, 4) is 0 Å². The minimum atomic E-state index is -0.890. The second kappa shape index (κ2) is 2.49. The number of nitrogen functional groups attached to an aromatic ring is 1. The quantitative estimate of drug-likeness (QED) is 0.660. The molecular weight excluding hydrogens is 206 g/mol. The average Bonchev–Trinajstić information content (AvgIpc) is 1.82. The lowest BCUT2D eigenvalue weighted by Gasteiger charge is -1.96. The monoisotopic (exact) mass is 208 g/mol. The third-order valence-corrected chi connectivity index (χ3v) is 1.53. The van der Waals surface area contributed by atoms with Gasteiger partial charge in [-0.25, -0.2) is 9.37 Å². The Labute approximate surface area is 64.2 Å². The first-order valence-corrected chi connectivity index (χ1v) is 3.17. The molecule has 0 bridgehead atoms. The van der Waals surface area contributed by atoms with Crippen LogP contribution in [0.5, 0.6) is 0 Å². The number of anilines is 1. The van der Waals surface area contributed by atoms with Gasteiger partial charge in [0.2, 0.25) is 5.95 Å². The van der Waals surface area contributed by atoms with Crippen LogP contribution in [0.15, 0.2) is 10.7 Å². The summed E-state index contributed by atoms with van der Waals surface area (Å²) >= 11 is 2.78. The number of nitrogens with zero attached hydrogens (tertiary/aromatic N) is 1. The summed E-state index contributed by atoms with van der Waals surface area (Å²) in [5, 5.41) is 0. The molecule has 1 heterocycles. The highest BCUT2D eigenvalue weighted by Gasteiger charge is 2.05. The van der Waals surface area contributed by atoms with E-state index in [0.29, 0.717) is 6.07 Å². The van der Waals surface area contributed by atoms with Gasteiger partial charge < -0.3 is 5.73 Å². The predicted molar refractivity (Wildman–Crippen MR) is 36.3 cm³/mol. The van der Waals surface area contributed by atoms with E-state index in [1.54, 1.807) is 0 Å². The third-order valence-electron chi connectivity index (χ3n) is 0.930. The molecule has 0 aliphatic carbocycles. The number of pyridine rings is 1. The minimum Gasteiger partial charge on any atom is -0.394 e. The summed E-state index contributed by atoms with van der Waals surface area (Å²) in [5.74, 6) is -1.70. The molecule has 2 N–H and O–H groups in total. The molecule has 1 rings (SSSR count). The molecule has 0 spiro atoms. The van der Waals surface area contributed by atoms with Crippen molar-refractivity contribution in [1.29, 1.82) is 0 Å². The van der Waals surface area contributed by atoms with E-state index >= 15 is 0 Å². The van der Waals surface area contributed by atoms with Crippen LogP contribution in [0.2, 0.25) is 0 Å². The Hall–Kier alpha value is -0.710. The third kappa shape index (κ3) is 1.23. The van der Waals surface area contributed by atoms with Crippen molar-refractivity contribution in [2.24, 2.45) is 0 Å². The predicted octanol–water partition coefficient (Wildman–Crippen LogP) is 1.70. The van der Waals surface area contributed by atoms with Crippen LogP contribution in [0.1, 0.15) is 0 Å². The van der Waals surface area contributed by atoms with Crippen molar-refractivity contribution in [2.75, 3.05) is 5.73 Å². The van der Waals surface area contributed by atoms with Crippen LogP contribution in [0.3, 0.4) is 0 Å². The van der Waals surface area contributed by atoms with Crippen LogP contribution >= 0.6 is 15.9 Å². The molecule has 0 unspecified atom stereocenters. The largest absolute Gasteiger partial charge is 0.394 e.